The van der Waals surface area contributed by atoms with E-state index in [0.717, 1.165) is 22.2 Å². The Morgan fingerprint density at radius 2 is 1.92 bits per heavy atom. The lowest BCUT2D eigenvalue weighted by molar-refractivity contribution is -0.0123. The van der Waals surface area contributed by atoms with Crippen LogP contribution in [0.5, 0.6) is 0 Å². The third kappa shape index (κ3) is 3.20. The van der Waals surface area contributed by atoms with Crippen LogP contribution in [0.1, 0.15) is 22.8 Å². The fourth-order valence-electron chi connectivity index (χ4n) is 3.40. The van der Waals surface area contributed by atoms with Crippen LogP contribution in [0.3, 0.4) is 0 Å². The molecule has 0 bridgehead atoms. The van der Waals surface area contributed by atoms with E-state index in [0.29, 0.717) is 25.3 Å². The normalized spacial score (nSPS) is 17.5. The highest BCUT2D eigenvalue weighted by molar-refractivity contribution is 6.07. The van der Waals surface area contributed by atoms with Crippen molar-refractivity contribution in [3.8, 4) is 11.3 Å². The van der Waals surface area contributed by atoms with Crippen LogP contribution in [0.25, 0.3) is 22.2 Å². The molecule has 1 amide bonds. The van der Waals surface area contributed by atoms with Gasteiger partial charge in [-0.25, -0.2) is 4.98 Å². The van der Waals surface area contributed by atoms with E-state index in [2.05, 4.69) is 31.2 Å². The number of hydrogen-bond donors (Lipinski definition) is 0. The predicted molar refractivity (Wildman–Crippen MR) is 103 cm³/mol. The zero-order chi connectivity index (χ0) is 18.1. The molecule has 0 spiro atoms. The molecule has 1 saturated heterocycles. The Labute approximate surface area is 153 Å². The number of amides is 1. The van der Waals surface area contributed by atoms with E-state index in [1.54, 1.807) is 0 Å². The maximum atomic E-state index is 13.2. The molecule has 0 aliphatic carbocycles. The van der Waals surface area contributed by atoms with Crippen molar-refractivity contribution in [2.45, 2.75) is 20.0 Å². The van der Waals surface area contributed by atoms with Gasteiger partial charge < -0.3 is 9.64 Å². The van der Waals surface area contributed by atoms with Gasteiger partial charge >= 0.3 is 0 Å². The minimum atomic E-state index is 0.0483. The molecule has 26 heavy (non-hydrogen) atoms. The summed E-state index contributed by atoms with van der Waals surface area (Å²) >= 11 is 0. The molecule has 1 unspecified atom stereocenters. The SMILES string of the molecule is Cc1ccc(-c2cc(C(=O)N3CCOC(C)C3)c3ccccc3n2)cc1. The minimum Gasteiger partial charge on any atom is -0.375 e. The summed E-state index contributed by atoms with van der Waals surface area (Å²) in [7, 11) is 0. The number of carbonyl (C=O) groups excluding carboxylic acids is 1. The lowest BCUT2D eigenvalue weighted by Crippen LogP contribution is -2.44. The number of fused-ring (bicyclic) bond motifs is 1. The van der Waals surface area contributed by atoms with Crippen LogP contribution in [-0.2, 0) is 4.74 Å². The molecular formula is C22H22N2O2. The van der Waals surface area contributed by atoms with Crippen LogP contribution in [0, 0.1) is 6.92 Å². The van der Waals surface area contributed by atoms with Gasteiger partial charge in [0.05, 0.1) is 29.5 Å². The second-order valence-electron chi connectivity index (χ2n) is 6.87. The van der Waals surface area contributed by atoms with Crippen molar-refractivity contribution in [3.05, 3.63) is 65.7 Å². The summed E-state index contributed by atoms with van der Waals surface area (Å²) in [4.78, 5) is 19.9. The smallest absolute Gasteiger partial charge is 0.254 e. The first-order chi connectivity index (χ1) is 12.6. The molecule has 4 heteroatoms. The van der Waals surface area contributed by atoms with Gasteiger partial charge in [0.1, 0.15) is 0 Å². The monoisotopic (exact) mass is 346 g/mol. The number of hydrogen-bond acceptors (Lipinski definition) is 3. The summed E-state index contributed by atoms with van der Waals surface area (Å²) in [6, 6.07) is 18.0. The Morgan fingerprint density at radius 3 is 2.69 bits per heavy atom. The lowest BCUT2D eigenvalue weighted by Gasteiger charge is -2.31. The maximum absolute atomic E-state index is 13.2. The average molecular weight is 346 g/mol. The number of aromatic nitrogens is 1. The van der Waals surface area contributed by atoms with Gasteiger partial charge in [-0.15, -0.1) is 0 Å². The minimum absolute atomic E-state index is 0.0483. The van der Waals surface area contributed by atoms with Crippen LogP contribution in [0.15, 0.2) is 54.6 Å². The molecule has 1 aromatic heterocycles. The molecule has 132 valence electrons. The van der Waals surface area contributed by atoms with Gasteiger partial charge in [-0.3, -0.25) is 4.79 Å². The van der Waals surface area contributed by atoms with Crippen LogP contribution < -0.4 is 0 Å². The van der Waals surface area contributed by atoms with E-state index in [1.165, 1.54) is 5.56 Å². The molecule has 0 radical (unpaired) electrons. The summed E-state index contributed by atoms with van der Waals surface area (Å²) in [5.41, 5.74) is 4.60. The van der Waals surface area contributed by atoms with E-state index >= 15 is 0 Å². The van der Waals surface area contributed by atoms with Gasteiger partial charge in [0.15, 0.2) is 0 Å². The fourth-order valence-corrected chi connectivity index (χ4v) is 3.40. The first-order valence-electron chi connectivity index (χ1n) is 8.99. The van der Waals surface area contributed by atoms with E-state index < -0.39 is 0 Å². The van der Waals surface area contributed by atoms with Crippen molar-refractivity contribution in [2.24, 2.45) is 0 Å². The molecule has 4 rings (SSSR count). The molecule has 1 atom stereocenters. The Hall–Kier alpha value is -2.72. The highest BCUT2D eigenvalue weighted by atomic mass is 16.5. The van der Waals surface area contributed by atoms with Gasteiger partial charge in [-0.05, 0) is 26.0 Å². The molecule has 2 aromatic carbocycles. The molecule has 4 nitrogen and oxygen atoms in total. The van der Waals surface area contributed by atoms with E-state index in [-0.39, 0.29) is 12.0 Å². The predicted octanol–water partition coefficient (Wildman–Crippen LogP) is 4.07. The van der Waals surface area contributed by atoms with Gasteiger partial charge in [0.2, 0.25) is 0 Å². The van der Waals surface area contributed by atoms with Gasteiger partial charge in [-0.1, -0.05) is 48.0 Å². The third-order valence-electron chi connectivity index (χ3n) is 4.82. The average Bonchev–Trinajstić information content (AvgIpc) is 2.67. The molecule has 2 heterocycles. The van der Waals surface area contributed by atoms with E-state index in [1.807, 2.05) is 42.2 Å². The Bertz CT molecular complexity index is 950. The number of morpholine rings is 1. The second-order valence-corrected chi connectivity index (χ2v) is 6.87. The summed E-state index contributed by atoms with van der Waals surface area (Å²) < 4.78 is 5.58. The highest BCUT2D eigenvalue weighted by Crippen LogP contribution is 2.26. The third-order valence-corrected chi connectivity index (χ3v) is 4.82. The quantitative estimate of drug-likeness (QED) is 0.702. The number of nitrogens with zero attached hydrogens (tertiary/aromatic N) is 2. The van der Waals surface area contributed by atoms with Crippen molar-refractivity contribution in [1.82, 2.24) is 9.88 Å². The maximum Gasteiger partial charge on any atom is 0.254 e. The van der Waals surface area contributed by atoms with Crippen molar-refractivity contribution in [3.63, 3.8) is 0 Å². The van der Waals surface area contributed by atoms with Crippen molar-refractivity contribution >= 4 is 16.8 Å². The van der Waals surface area contributed by atoms with Crippen LogP contribution in [0.2, 0.25) is 0 Å². The number of rotatable bonds is 2. The number of para-hydroxylation sites is 1. The second kappa shape index (κ2) is 6.89. The van der Waals surface area contributed by atoms with Crippen LogP contribution >= 0.6 is 0 Å². The standard InChI is InChI=1S/C22H22N2O2/c1-15-7-9-17(10-8-15)21-13-19(18-5-3-4-6-20(18)23-21)22(25)24-11-12-26-16(2)14-24/h3-10,13,16H,11-12,14H2,1-2H3. The summed E-state index contributed by atoms with van der Waals surface area (Å²) in [6.45, 7) is 5.89. The Kier molecular flexibility index (Phi) is 4.43. The number of aryl methyl sites for hydroxylation is 1. The van der Waals surface area contributed by atoms with Crippen LogP contribution in [0.4, 0.5) is 0 Å². The summed E-state index contributed by atoms with van der Waals surface area (Å²) in [6.07, 6.45) is 0.0670. The first kappa shape index (κ1) is 16.7. The topological polar surface area (TPSA) is 42.4 Å². The number of ether oxygens (including phenoxy) is 1. The molecule has 1 fully saturated rings. The van der Waals surface area contributed by atoms with Crippen LogP contribution in [-0.4, -0.2) is 41.6 Å². The molecule has 1 aliphatic rings. The van der Waals surface area contributed by atoms with Gasteiger partial charge in [-0.2, -0.15) is 0 Å². The van der Waals surface area contributed by atoms with Gasteiger partial charge in [0.25, 0.3) is 5.91 Å². The first-order valence-corrected chi connectivity index (χ1v) is 8.99. The zero-order valence-corrected chi connectivity index (χ0v) is 15.1. The number of carbonyl (C=O) groups is 1. The Balaban J connectivity index is 1.82. The molecule has 0 saturated carbocycles. The number of benzene rings is 2. The van der Waals surface area contributed by atoms with E-state index in [9.17, 15) is 4.79 Å². The molecule has 0 N–H and O–H groups in total. The zero-order valence-electron chi connectivity index (χ0n) is 15.1. The summed E-state index contributed by atoms with van der Waals surface area (Å²) in [5.74, 6) is 0.0483. The molecule has 1 aliphatic heterocycles. The summed E-state index contributed by atoms with van der Waals surface area (Å²) in [5, 5.41) is 0.896. The number of pyridine rings is 1. The molecule has 3 aromatic rings. The molecular weight excluding hydrogens is 324 g/mol. The van der Waals surface area contributed by atoms with E-state index in [4.69, 9.17) is 9.72 Å². The fraction of sp³-hybridized carbons (Fsp3) is 0.273. The lowest BCUT2D eigenvalue weighted by atomic mass is 10.0. The van der Waals surface area contributed by atoms with Gasteiger partial charge in [0, 0.05) is 24.0 Å². The van der Waals surface area contributed by atoms with Crippen molar-refractivity contribution in [1.29, 1.82) is 0 Å². The Morgan fingerprint density at radius 1 is 1.15 bits per heavy atom. The van der Waals surface area contributed by atoms with Crippen molar-refractivity contribution < 1.29 is 9.53 Å². The highest BCUT2D eigenvalue weighted by Gasteiger charge is 2.24. The largest absolute Gasteiger partial charge is 0.375 e. The van der Waals surface area contributed by atoms with Crippen molar-refractivity contribution in [2.75, 3.05) is 19.7 Å².